The Morgan fingerprint density at radius 1 is 0.973 bits per heavy atom. The van der Waals surface area contributed by atoms with Gasteiger partial charge in [-0.3, -0.25) is 4.79 Å². The number of likely N-dealkylation sites (N-methyl/N-ethyl adjacent to an activating group) is 1. The van der Waals surface area contributed by atoms with Gasteiger partial charge in [-0.25, -0.2) is 9.78 Å². The number of hydrogen-bond donors (Lipinski definition) is 2. The van der Waals surface area contributed by atoms with E-state index in [-0.39, 0.29) is 23.3 Å². The van der Waals surface area contributed by atoms with Crippen LogP contribution in [0.25, 0.3) is 0 Å². The molecule has 0 spiro atoms. The van der Waals surface area contributed by atoms with Crippen molar-refractivity contribution < 1.29 is 27.5 Å². The van der Waals surface area contributed by atoms with Gasteiger partial charge in [-0.2, -0.15) is 18.2 Å². The molecule has 1 aliphatic heterocycles. The molecule has 37 heavy (non-hydrogen) atoms. The Morgan fingerprint density at radius 3 is 2.30 bits per heavy atom. The molecule has 1 fully saturated rings. The molecule has 1 aromatic heterocycles. The van der Waals surface area contributed by atoms with E-state index in [0.29, 0.717) is 24.5 Å². The van der Waals surface area contributed by atoms with Gasteiger partial charge in [0.05, 0.1) is 10.6 Å². The molecule has 2 heterocycles. The molecule has 0 bridgehead atoms. The Bertz CT molecular complexity index is 1280. The second-order valence-corrected chi connectivity index (χ2v) is 8.62. The van der Waals surface area contributed by atoms with Gasteiger partial charge in [-0.15, -0.1) is 0 Å². The molecule has 2 aromatic carbocycles. The smallest absolute Gasteiger partial charge is 0.417 e. The summed E-state index contributed by atoms with van der Waals surface area (Å²) in [6, 6.07) is 10.0. The molecule has 1 saturated heterocycles. The third kappa shape index (κ3) is 6.86. The number of halogens is 4. The molecule has 3 amide bonds. The summed E-state index contributed by atoms with van der Waals surface area (Å²) in [7, 11) is 1.99. The van der Waals surface area contributed by atoms with Crippen LogP contribution in [-0.4, -0.2) is 64.9 Å². The molecule has 1 aliphatic rings. The number of urea groups is 1. The molecule has 13 heteroatoms. The fourth-order valence-electron chi connectivity index (χ4n) is 3.49. The zero-order valence-electron chi connectivity index (χ0n) is 19.6. The number of piperazine rings is 1. The van der Waals surface area contributed by atoms with Gasteiger partial charge < -0.3 is 25.2 Å². The number of rotatable bonds is 5. The van der Waals surface area contributed by atoms with Crippen LogP contribution in [0, 0.1) is 0 Å². The number of carbonyl (C=O) groups excluding carboxylic acids is 2. The van der Waals surface area contributed by atoms with Crippen LogP contribution >= 0.6 is 11.6 Å². The van der Waals surface area contributed by atoms with Crippen molar-refractivity contribution in [3.63, 3.8) is 0 Å². The van der Waals surface area contributed by atoms with Crippen LogP contribution in [0.2, 0.25) is 5.02 Å². The predicted molar refractivity (Wildman–Crippen MR) is 131 cm³/mol. The summed E-state index contributed by atoms with van der Waals surface area (Å²) < 4.78 is 44.7. The van der Waals surface area contributed by atoms with Crippen LogP contribution in [0.3, 0.4) is 0 Å². The summed E-state index contributed by atoms with van der Waals surface area (Å²) in [6.45, 7) is 2.73. The summed E-state index contributed by atoms with van der Waals surface area (Å²) in [5.74, 6) is 0.323. The number of benzene rings is 2. The van der Waals surface area contributed by atoms with Crippen LogP contribution in [0.15, 0.2) is 54.7 Å². The van der Waals surface area contributed by atoms with E-state index >= 15 is 0 Å². The Labute approximate surface area is 215 Å². The highest BCUT2D eigenvalue weighted by atomic mass is 35.5. The molecule has 0 radical (unpaired) electrons. The average Bonchev–Trinajstić information content (AvgIpc) is 2.86. The molecule has 2 N–H and O–H groups in total. The number of carbonyl (C=O) groups is 2. The van der Waals surface area contributed by atoms with Crippen LogP contribution < -0.4 is 15.4 Å². The van der Waals surface area contributed by atoms with Crippen molar-refractivity contribution >= 4 is 34.9 Å². The monoisotopic (exact) mass is 534 g/mol. The van der Waals surface area contributed by atoms with Gasteiger partial charge in [0, 0.05) is 49.8 Å². The molecule has 0 unspecified atom stereocenters. The first-order valence-corrected chi connectivity index (χ1v) is 11.5. The van der Waals surface area contributed by atoms with E-state index in [4.69, 9.17) is 16.3 Å². The van der Waals surface area contributed by atoms with Gasteiger partial charge in [0.15, 0.2) is 0 Å². The topological polar surface area (TPSA) is 99.7 Å². The van der Waals surface area contributed by atoms with E-state index in [1.165, 1.54) is 30.5 Å². The third-order valence-corrected chi connectivity index (χ3v) is 5.81. The standard InChI is InChI=1S/C24H22ClF3N6O3/c1-33-10-12-34(13-11-33)22(35)21-29-9-8-20(32-21)37-17-5-2-15(3-6-17)30-23(36)31-16-4-7-19(25)18(14-16)24(26,27)28/h2-9,14H,10-13H2,1H3,(H2,30,31,36). The lowest BCUT2D eigenvalue weighted by Gasteiger charge is -2.31. The molecule has 3 aromatic rings. The fourth-order valence-corrected chi connectivity index (χ4v) is 3.72. The lowest BCUT2D eigenvalue weighted by atomic mass is 10.2. The molecule has 4 rings (SSSR count). The van der Waals surface area contributed by atoms with Crippen LogP contribution in [0.1, 0.15) is 16.2 Å². The average molecular weight is 535 g/mol. The fraction of sp³-hybridized carbons (Fsp3) is 0.250. The predicted octanol–water partition coefficient (Wildman–Crippen LogP) is 4.97. The first-order valence-electron chi connectivity index (χ1n) is 11.1. The molecule has 0 aliphatic carbocycles. The third-order valence-electron chi connectivity index (χ3n) is 5.48. The van der Waals surface area contributed by atoms with Gasteiger partial charge in [-0.1, -0.05) is 11.6 Å². The first kappa shape index (κ1) is 26.2. The van der Waals surface area contributed by atoms with E-state index in [9.17, 15) is 22.8 Å². The Morgan fingerprint density at radius 2 is 1.62 bits per heavy atom. The highest BCUT2D eigenvalue weighted by Crippen LogP contribution is 2.36. The second kappa shape index (κ2) is 11.0. The van der Waals surface area contributed by atoms with Crippen molar-refractivity contribution in [1.82, 2.24) is 19.8 Å². The maximum atomic E-state index is 13.0. The number of alkyl halides is 3. The molecule has 0 atom stereocenters. The van der Waals surface area contributed by atoms with Crippen molar-refractivity contribution in [1.29, 1.82) is 0 Å². The van der Waals surface area contributed by atoms with E-state index in [0.717, 1.165) is 25.2 Å². The summed E-state index contributed by atoms with van der Waals surface area (Å²) in [5.41, 5.74) is -0.755. The van der Waals surface area contributed by atoms with E-state index in [1.54, 1.807) is 17.0 Å². The van der Waals surface area contributed by atoms with Gasteiger partial charge in [-0.05, 0) is 49.5 Å². The van der Waals surface area contributed by atoms with Gasteiger partial charge >= 0.3 is 12.2 Å². The lowest BCUT2D eigenvalue weighted by molar-refractivity contribution is -0.137. The maximum Gasteiger partial charge on any atom is 0.417 e. The van der Waals surface area contributed by atoms with Crippen LogP contribution in [0.5, 0.6) is 11.6 Å². The molecule has 0 saturated carbocycles. The van der Waals surface area contributed by atoms with Crippen molar-refractivity contribution in [2.24, 2.45) is 0 Å². The second-order valence-electron chi connectivity index (χ2n) is 8.21. The van der Waals surface area contributed by atoms with Crippen LogP contribution in [0.4, 0.5) is 29.3 Å². The van der Waals surface area contributed by atoms with E-state index in [2.05, 4.69) is 25.5 Å². The number of hydrogen-bond acceptors (Lipinski definition) is 6. The van der Waals surface area contributed by atoms with Crippen LogP contribution in [-0.2, 0) is 6.18 Å². The SMILES string of the molecule is CN1CCN(C(=O)c2nccc(Oc3ccc(NC(=O)Nc4ccc(Cl)c(C(F)(F)F)c4)cc3)n2)CC1. The Balaban J connectivity index is 1.35. The summed E-state index contributed by atoms with van der Waals surface area (Å²) in [4.78, 5) is 37.0. The molecule has 194 valence electrons. The van der Waals surface area contributed by atoms with E-state index in [1.807, 2.05) is 7.05 Å². The minimum atomic E-state index is -4.65. The minimum absolute atomic E-state index is 0.0351. The minimum Gasteiger partial charge on any atom is -0.439 e. The van der Waals surface area contributed by atoms with Crippen molar-refractivity contribution in [2.75, 3.05) is 43.9 Å². The number of aromatic nitrogens is 2. The number of nitrogens with one attached hydrogen (secondary N) is 2. The summed E-state index contributed by atoms with van der Waals surface area (Å²) >= 11 is 5.60. The van der Waals surface area contributed by atoms with Crippen molar-refractivity contribution in [2.45, 2.75) is 6.18 Å². The van der Waals surface area contributed by atoms with E-state index < -0.39 is 22.8 Å². The number of anilines is 2. The number of amides is 3. The number of nitrogens with zero attached hydrogens (tertiary/aromatic N) is 4. The Hall–Kier alpha value is -3.90. The molecular formula is C24H22ClF3N6O3. The Kier molecular flexibility index (Phi) is 7.79. The molecular weight excluding hydrogens is 513 g/mol. The summed E-state index contributed by atoms with van der Waals surface area (Å²) in [5, 5.41) is 4.39. The zero-order chi connectivity index (χ0) is 26.6. The zero-order valence-corrected chi connectivity index (χ0v) is 20.3. The maximum absolute atomic E-state index is 13.0. The highest BCUT2D eigenvalue weighted by molar-refractivity contribution is 6.31. The molecule has 9 nitrogen and oxygen atoms in total. The van der Waals surface area contributed by atoms with Gasteiger partial charge in [0.25, 0.3) is 5.91 Å². The highest BCUT2D eigenvalue weighted by Gasteiger charge is 2.33. The quantitative estimate of drug-likeness (QED) is 0.479. The normalized spacial score (nSPS) is 14.2. The van der Waals surface area contributed by atoms with Crippen molar-refractivity contribution in [3.05, 3.63) is 71.1 Å². The number of ether oxygens (including phenoxy) is 1. The van der Waals surface area contributed by atoms with Gasteiger partial charge in [0.2, 0.25) is 11.7 Å². The summed E-state index contributed by atoms with van der Waals surface area (Å²) in [6.07, 6.45) is -3.21. The van der Waals surface area contributed by atoms with Gasteiger partial charge in [0.1, 0.15) is 5.75 Å². The largest absolute Gasteiger partial charge is 0.439 e. The van der Waals surface area contributed by atoms with Crippen molar-refractivity contribution in [3.8, 4) is 11.6 Å². The lowest BCUT2D eigenvalue weighted by Crippen LogP contribution is -2.47. The first-order chi connectivity index (χ1) is 17.6.